The second-order valence-electron chi connectivity index (χ2n) is 5.57. The van der Waals surface area contributed by atoms with Crippen molar-refractivity contribution in [2.45, 2.75) is 37.8 Å². The SMILES string of the molecule is O=C(NC1CC1)C1CCCN1C(=O)c1ccc(Cl)c(Cl)c1. The third-order valence-electron chi connectivity index (χ3n) is 3.91. The summed E-state index contributed by atoms with van der Waals surface area (Å²) in [6.07, 6.45) is 3.64. The molecular formula is C15H16Cl2N2O2. The molecule has 2 aliphatic rings. The third-order valence-corrected chi connectivity index (χ3v) is 4.65. The smallest absolute Gasteiger partial charge is 0.254 e. The average molecular weight is 327 g/mol. The lowest BCUT2D eigenvalue weighted by molar-refractivity contribution is -0.125. The molecule has 1 aromatic carbocycles. The first-order valence-electron chi connectivity index (χ1n) is 7.12. The second kappa shape index (κ2) is 5.85. The van der Waals surface area contributed by atoms with Crippen molar-refractivity contribution in [1.82, 2.24) is 10.2 Å². The van der Waals surface area contributed by atoms with Crippen LogP contribution >= 0.6 is 23.2 Å². The molecule has 1 unspecified atom stereocenters. The Morgan fingerprint density at radius 1 is 1.14 bits per heavy atom. The van der Waals surface area contributed by atoms with Gasteiger partial charge in [0.05, 0.1) is 10.0 Å². The summed E-state index contributed by atoms with van der Waals surface area (Å²) >= 11 is 11.8. The molecule has 1 atom stereocenters. The maximum atomic E-state index is 12.6. The van der Waals surface area contributed by atoms with E-state index < -0.39 is 0 Å². The monoisotopic (exact) mass is 326 g/mol. The van der Waals surface area contributed by atoms with Crippen molar-refractivity contribution < 1.29 is 9.59 Å². The standard InChI is InChI=1S/C15H16Cl2N2O2/c16-11-6-3-9(8-12(11)17)15(21)19-7-1-2-13(19)14(20)18-10-4-5-10/h3,6,8,10,13H,1-2,4-5,7H2,(H,18,20). The number of hydrogen-bond donors (Lipinski definition) is 1. The molecule has 0 bridgehead atoms. The molecule has 1 saturated carbocycles. The third kappa shape index (κ3) is 3.16. The van der Waals surface area contributed by atoms with E-state index in [0.29, 0.717) is 34.6 Å². The van der Waals surface area contributed by atoms with Gasteiger partial charge in [0.25, 0.3) is 5.91 Å². The lowest BCUT2D eigenvalue weighted by Crippen LogP contribution is -2.46. The highest BCUT2D eigenvalue weighted by Crippen LogP contribution is 2.26. The van der Waals surface area contributed by atoms with E-state index in [2.05, 4.69) is 5.32 Å². The molecule has 6 heteroatoms. The van der Waals surface area contributed by atoms with Crippen molar-refractivity contribution in [2.24, 2.45) is 0 Å². The van der Waals surface area contributed by atoms with E-state index >= 15 is 0 Å². The van der Waals surface area contributed by atoms with Gasteiger partial charge in [-0.05, 0) is 43.9 Å². The Morgan fingerprint density at radius 3 is 2.57 bits per heavy atom. The number of halogens is 2. The molecule has 1 saturated heterocycles. The quantitative estimate of drug-likeness (QED) is 0.928. The van der Waals surface area contributed by atoms with Gasteiger partial charge in [0.2, 0.25) is 5.91 Å². The number of carbonyl (C=O) groups excluding carboxylic acids is 2. The minimum Gasteiger partial charge on any atom is -0.352 e. The number of benzene rings is 1. The van der Waals surface area contributed by atoms with E-state index in [1.165, 1.54) is 0 Å². The van der Waals surface area contributed by atoms with Crippen molar-refractivity contribution in [3.05, 3.63) is 33.8 Å². The molecule has 1 N–H and O–H groups in total. The van der Waals surface area contributed by atoms with Gasteiger partial charge >= 0.3 is 0 Å². The highest BCUT2D eigenvalue weighted by atomic mass is 35.5. The van der Waals surface area contributed by atoms with E-state index in [1.54, 1.807) is 23.1 Å². The van der Waals surface area contributed by atoms with E-state index in [-0.39, 0.29) is 17.9 Å². The van der Waals surface area contributed by atoms with Crippen LogP contribution in [0.2, 0.25) is 10.0 Å². The normalized spacial score (nSPS) is 21.4. The zero-order valence-electron chi connectivity index (χ0n) is 11.4. The predicted octanol–water partition coefficient (Wildman–Crippen LogP) is 2.88. The van der Waals surface area contributed by atoms with Gasteiger partial charge < -0.3 is 10.2 Å². The number of rotatable bonds is 3. The zero-order valence-corrected chi connectivity index (χ0v) is 13.0. The molecule has 0 radical (unpaired) electrons. The summed E-state index contributed by atoms with van der Waals surface area (Å²) in [4.78, 5) is 26.4. The Kier molecular flexibility index (Phi) is 4.09. The number of amides is 2. The summed E-state index contributed by atoms with van der Waals surface area (Å²) in [5.41, 5.74) is 0.468. The fraction of sp³-hybridized carbons (Fsp3) is 0.467. The molecule has 1 aliphatic carbocycles. The average Bonchev–Trinajstić information content (AvgIpc) is 3.14. The highest BCUT2D eigenvalue weighted by Gasteiger charge is 2.36. The predicted molar refractivity (Wildman–Crippen MR) is 81.7 cm³/mol. The number of nitrogens with one attached hydrogen (secondary N) is 1. The maximum Gasteiger partial charge on any atom is 0.254 e. The summed E-state index contributed by atoms with van der Waals surface area (Å²) in [7, 11) is 0. The molecule has 21 heavy (non-hydrogen) atoms. The Bertz CT molecular complexity index is 587. The summed E-state index contributed by atoms with van der Waals surface area (Å²) in [6, 6.07) is 4.74. The van der Waals surface area contributed by atoms with Crippen LogP contribution in [0.15, 0.2) is 18.2 Å². The lowest BCUT2D eigenvalue weighted by Gasteiger charge is -2.24. The molecule has 112 valence electrons. The summed E-state index contributed by atoms with van der Waals surface area (Å²) in [6.45, 7) is 0.599. The van der Waals surface area contributed by atoms with Crippen molar-refractivity contribution in [2.75, 3.05) is 6.54 Å². The van der Waals surface area contributed by atoms with E-state index in [1.807, 2.05) is 0 Å². The van der Waals surface area contributed by atoms with Gasteiger partial charge in [0.15, 0.2) is 0 Å². The summed E-state index contributed by atoms with van der Waals surface area (Å²) < 4.78 is 0. The van der Waals surface area contributed by atoms with Crippen LogP contribution in [0.25, 0.3) is 0 Å². The maximum absolute atomic E-state index is 12.6. The second-order valence-corrected chi connectivity index (χ2v) is 6.38. The number of nitrogens with zero attached hydrogens (tertiary/aromatic N) is 1. The van der Waals surface area contributed by atoms with Crippen LogP contribution < -0.4 is 5.32 Å². The van der Waals surface area contributed by atoms with E-state index in [0.717, 1.165) is 19.3 Å². The van der Waals surface area contributed by atoms with Crippen LogP contribution in [0.3, 0.4) is 0 Å². The summed E-state index contributed by atoms with van der Waals surface area (Å²) in [5.74, 6) is -0.203. The molecule has 1 aliphatic heterocycles. The van der Waals surface area contributed by atoms with E-state index in [9.17, 15) is 9.59 Å². The Morgan fingerprint density at radius 2 is 1.90 bits per heavy atom. The van der Waals surface area contributed by atoms with Gasteiger partial charge in [-0.3, -0.25) is 9.59 Å². The van der Waals surface area contributed by atoms with Crippen molar-refractivity contribution >= 4 is 35.0 Å². The van der Waals surface area contributed by atoms with E-state index in [4.69, 9.17) is 23.2 Å². The molecular weight excluding hydrogens is 311 g/mol. The minimum absolute atomic E-state index is 0.0385. The first-order valence-corrected chi connectivity index (χ1v) is 7.88. The largest absolute Gasteiger partial charge is 0.352 e. The van der Waals surface area contributed by atoms with Gasteiger partial charge in [-0.15, -0.1) is 0 Å². The summed E-state index contributed by atoms with van der Waals surface area (Å²) in [5, 5.41) is 3.73. The van der Waals surface area contributed by atoms with Crippen molar-refractivity contribution in [1.29, 1.82) is 0 Å². The molecule has 2 fully saturated rings. The van der Waals surface area contributed by atoms with Gasteiger partial charge in [-0.1, -0.05) is 23.2 Å². The van der Waals surface area contributed by atoms with Crippen LogP contribution in [0.4, 0.5) is 0 Å². The molecule has 0 spiro atoms. The van der Waals surface area contributed by atoms with Gasteiger partial charge in [0.1, 0.15) is 6.04 Å². The van der Waals surface area contributed by atoms with Gasteiger partial charge in [0, 0.05) is 18.2 Å². The molecule has 3 rings (SSSR count). The van der Waals surface area contributed by atoms with Crippen LogP contribution in [-0.4, -0.2) is 35.3 Å². The number of hydrogen-bond acceptors (Lipinski definition) is 2. The first-order chi connectivity index (χ1) is 10.1. The molecule has 4 nitrogen and oxygen atoms in total. The van der Waals surface area contributed by atoms with Crippen molar-refractivity contribution in [3.8, 4) is 0 Å². The minimum atomic E-state index is -0.368. The van der Waals surface area contributed by atoms with Gasteiger partial charge in [-0.2, -0.15) is 0 Å². The van der Waals surface area contributed by atoms with Crippen LogP contribution in [0.1, 0.15) is 36.0 Å². The molecule has 0 aromatic heterocycles. The Balaban J connectivity index is 1.75. The van der Waals surface area contributed by atoms with Crippen molar-refractivity contribution in [3.63, 3.8) is 0 Å². The lowest BCUT2D eigenvalue weighted by atomic mass is 10.1. The first kappa shape index (κ1) is 14.7. The Hall–Kier alpha value is -1.26. The molecule has 1 heterocycles. The zero-order chi connectivity index (χ0) is 15.0. The molecule has 1 aromatic rings. The molecule has 2 amide bonds. The Labute approximate surface area is 133 Å². The van der Waals surface area contributed by atoms with Crippen LogP contribution in [0.5, 0.6) is 0 Å². The van der Waals surface area contributed by atoms with Gasteiger partial charge in [-0.25, -0.2) is 0 Å². The van der Waals surface area contributed by atoms with Crippen LogP contribution in [0, 0.1) is 0 Å². The topological polar surface area (TPSA) is 49.4 Å². The van der Waals surface area contributed by atoms with Crippen LogP contribution in [-0.2, 0) is 4.79 Å². The highest BCUT2D eigenvalue weighted by molar-refractivity contribution is 6.42. The number of carbonyl (C=O) groups is 2. The fourth-order valence-electron chi connectivity index (χ4n) is 2.60. The number of likely N-dealkylation sites (tertiary alicyclic amines) is 1. The fourth-order valence-corrected chi connectivity index (χ4v) is 2.90.